The SMILES string of the molecule is C#CC1CC=CC(C=O)C1. The Balaban J connectivity index is 2.55. The van der Waals surface area contributed by atoms with E-state index in [1.165, 1.54) is 0 Å². The van der Waals surface area contributed by atoms with E-state index in [9.17, 15) is 4.79 Å². The van der Waals surface area contributed by atoms with Gasteiger partial charge in [0.15, 0.2) is 0 Å². The molecule has 52 valence electrons. The van der Waals surface area contributed by atoms with E-state index in [0.717, 1.165) is 19.1 Å². The Bertz CT molecular complexity index is 185. The first-order valence-electron chi connectivity index (χ1n) is 3.45. The van der Waals surface area contributed by atoms with Crippen LogP contribution in [0, 0.1) is 24.2 Å². The van der Waals surface area contributed by atoms with Gasteiger partial charge in [-0.1, -0.05) is 12.2 Å². The van der Waals surface area contributed by atoms with Crippen LogP contribution >= 0.6 is 0 Å². The van der Waals surface area contributed by atoms with Gasteiger partial charge in [-0.25, -0.2) is 0 Å². The number of allylic oxidation sites excluding steroid dienone is 2. The van der Waals surface area contributed by atoms with Crippen LogP contribution in [0.3, 0.4) is 0 Å². The van der Waals surface area contributed by atoms with Crippen LogP contribution in [0.15, 0.2) is 12.2 Å². The summed E-state index contributed by atoms with van der Waals surface area (Å²) in [6.07, 6.45) is 11.9. The second kappa shape index (κ2) is 3.22. The molecule has 1 aliphatic rings. The molecule has 2 unspecified atom stereocenters. The molecule has 0 saturated carbocycles. The molecule has 0 bridgehead atoms. The number of hydrogen-bond acceptors (Lipinski definition) is 1. The minimum Gasteiger partial charge on any atom is -0.303 e. The first kappa shape index (κ1) is 7.08. The summed E-state index contributed by atoms with van der Waals surface area (Å²) in [5.74, 6) is 3.00. The maximum atomic E-state index is 10.3. The zero-order valence-electron chi connectivity index (χ0n) is 5.79. The van der Waals surface area contributed by atoms with E-state index in [4.69, 9.17) is 6.42 Å². The van der Waals surface area contributed by atoms with E-state index in [1.54, 1.807) is 0 Å². The molecule has 0 aromatic carbocycles. The second-order valence-corrected chi connectivity index (χ2v) is 2.56. The smallest absolute Gasteiger partial charge is 0.126 e. The van der Waals surface area contributed by atoms with Gasteiger partial charge in [-0.15, -0.1) is 12.3 Å². The van der Waals surface area contributed by atoms with E-state index in [-0.39, 0.29) is 11.8 Å². The quantitative estimate of drug-likeness (QED) is 0.301. The lowest BCUT2D eigenvalue weighted by Gasteiger charge is -2.15. The molecule has 1 rings (SSSR count). The number of terminal acetylenes is 1. The molecule has 2 atom stereocenters. The summed E-state index contributed by atoms with van der Waals surface area (Å²) < 4.78 is 0. The molecule has 0 N–H and O–H groups in total. The van der Waals surface area contributed by atoms with Crippen molar-refractivity contribution in [3.05, 3.63) is 12.2 Å². The molecule has 0 fully saturated rings. The van der Waals surface area contributed by atoms with Gasteiger partial charge in [0, 0.05) is 11.8 Å². The zero-order valence-corrected chi connectivity index (χ0v) is 5.79. The fraction of sp³-hybridized carbons (Fsp3) is 0.444. The number of rotatable bonds is 1. The highest BCUT2D eigenvalue weighted by atomic mass is 16.1. The van der Waals surface area contributed by atoms with Crippen molar-refractivity contribution < 1.29 is 4.79 Å². The van der Waals surface area contributed by atoms with Crippen LogP contribution in [-0.4, -0.2) is 6.29 Å². The molecule has 0 aliphatic heterocycles. The minimum atomic E-state index is 0.0646. The molecular formula is C9H10O. The van der Waals surface area contributed by atoms with Crippen LogP contribution in [0.5, 0.6) is 0 Å². The van der Waals surface area contributed by atoms with Gasteiger partial charge in [-0.05, 0) is 12.8 Å². The number of carbonyl (C=O) groups excluding carboxylic acids is 1. The molecule has 10 heavy (non-hydrogen) atoms. The Morgan fingerprint density at radius 2 is 2.50 bits per heavy atom. The molecule has 1 nitrogen and oxygen atoms in total. The predicted octanol–water partition coefficient (Wildman–Crippen LogP) is 1.40. The summed E-state index contributed by atoms with van der Waals surface area (Å²) in [6, 6.07) is 0. The number of hydrogen-bond donors (Lipinski definition) is 0. The maximum Gasteiger partial charge on any atom is 0.126 e. The van der Waals surface area contributed by atoms with Crippen molar-refractivity contribution in [2.75, 3.05) is 0 Å². The van der Waals surface area contributed by atoms with Gasteiger partial charge in [0.1, 0.15) is 6.29 Å². The molecule has 0 spiro atoms. The average Bonchev–Trinajstić information content (AvgIpc) is 2.05. The zero-order chi connectivity index (χ0) is 7.40. The van der Waals surface area contributed by atoms with Gasteiger partial charge < -0.3 is 4.79 Å². The molecule has 1 heteroatoms. The number of carbonyl (C=O) groups is 1. The summed E-state index contributed by atoms with van der Waals surface area (Å²) in [7, 11) is 0. The lowest BCUT2D eigenvalue weighted by atomic mass is 9.88. The highest BCUT2D eigenvalue weighted by Crippen LogP contribution is 2.20. The van der Waals surface area contributed by atoms with Crippen LogP contribution in [0.4, 0.5) is 0 Å². The molecule has 0 amide bonds. The fourth-order valence-electron chi connectivity index (χ4n) is 1.16. The van der Waals surface area contributed by atoms with E-state index in [1.807, 2.05) is 12.2 Å². The van der Waals surface area contributed by atoms with Gasteiger partial charge in [0.2, 0.25) is 0 Å². The lowest BCUT2D eigenvalue weighted by molar-refractivity contribution is -0.110. The van der Waals surface area contributed by atoms with Crippen molar-refractivity contribution in [3.63, 3.8) is 0 Å². The van der Waals surface area contributed by atoms with Gasteiger partial charge >= 0.3 is 0 Å². The van der Waals surface area contributed by atoms with Gasteiger partial charge in [-0.2, -0.15) is 0 Å². The standard InChI is InChI=1S/C9H10O/c1-2-8-4-3-5-9(6-8)7-10/h1,3,5,7-9H,4,6H2. The molecule has 0 aromatic heterocycles. The van der Waals surface area contributed by atoms with Crippen LogP contribution < -0.4 is 0 Å². The van der Waals surface area contributed by atoms with Gasteiger partial charge in [0.05, 0.1) is 0 Å². The van der Waals surface area contributed by atoms with Gasteiger partial charge in [0.25, 0.3) is 0 Å². The van der Waals surface area contributed by atoms with Crippen LogP contribution in [0.25, 0.3) is 0 Å². The van der Waals surface area contributed by atoms with E-state index >= 15 is 0 Å². The predicted molar refractivity (Wildman–Crippen MR) is 40.3 cm³/mol. The molecule has 1 aliphatic carbocycles. The Labute approximate surface area is 61.1 Å². The Hall–Kier alpha value is -1.03. The average molecular weight is 134 g/mol. The molecule has 0 aromatic rings. The van der Waals surface area contributed by atoms with E-state index in [2.05, 4.69) is 5.92 Å². The largest absolute Gasteiger partial charge is 0.303 e. The van der Waals surface area contributed by atoms with E-state index < -0.39 is 0 Å². The highest BCUT2D eigenvalue weighted by Gasteiger charge is 2.14. The fourth-order valence-corrected chi connectivity index (χ4v) is 1.16. The normalized spacial score (nSPS) is 31.1. The third kappa shape index (κ3) is 1.48. The van der Waals surface area contributed by atoms with Crippen molar-refractivity contribution in [2.24, 2.45) is 11.8 Å². The summed E-state index contributed by atoms with van der Waals surface area (Å²) in [6.45, 7) is 0. The maximum absolute atomic E-state index is 10.3. The number of aldehydes is 1. The van der Waals surface area contributed by atoms with Crippen LogP contribution in [0.2, 0.25) is 0 Å². The lowest BCUT2D eigenvalue weighted by Crippen LogP contribution is -2.10. The van der Waals surface area contributed by atoms with Crippen molar-refractivity contribution in [1.82, 2.24) is 0 Å². The van der Waals surface area contributed by atoms with Crippen molar-refractivity contribution in [2.45, 2.75) is 12.8 Å². The minimum absolute atomic E-state index is 0.0646. The summed E-state index contributed by atoms with van der Waals surface area (Å²) in [5, 5.41) is 0. The Morgan fingerprint density at radius 3 is 3.10 bits per heavy atom. The highest BCUT2D eigenvalue weighted by molar-refractivity contribution is 5.57. The van der Waals surface area contributed by atoms with Crippen molar-refractivity contribution in [1.29, 1.82) is 0 Å². The Kier molecular flexibility index (Phi) is 2.28. The summed E-state index contributed by atoms with van der Waals surface area (Å²) in [4.78, 5) is 10.3. The van der Waals surface area contributed by atoms with Gasteiger partial charge in [-0.3, -0.25) is 0 Å². The van der Waals surface area contributed by atoms with Crippen LogP contribution in [-0.2, 0) is 4.79 Å². The van der Waals surface area contributed by atoms with Crippen molar-refractivity contribution >= 4 is 6.29 Å². The first-order chi connectivity index (χ1) is 4.86. The van der Waals surface area contributed by atoms with E-state index in [0.29, 0.717) is 0 Å². The topological polar surface area (TPSA) is 17.1 Å². The molecule has 0 radical (unpaired) electrons. The summed E-state index contributed by atoms with van der Waals surface area (Å²) in [5.41, 5.74) is 0. The molecular weight excluding hydrogens is 124 g/mol. The molecule has 0 heterocycles. The first-order valence-corrected chi connectivity index (χ1v) is 3.45. The Morgan fingerprint density at radius 1 is 1.70 bits per heavy atom. The molecule has 0 saturated heterocycles. The second-order valence-electron chi connectivity index (χ2n) is 2.56. The van der Waals surface area contributed by atoms with Crippen molar-refractivity contribution in [3.8, 4) is 12.3 Å². The third-order valence-corrected chi connectivity index (χ3v) is 1.77. The van der Waals surface area contributed by atoms with Crippen LogP contribution in [0.1, 0.15) is 12.8 Å². The summed E-state index contributed by atoms with van der Waals surface area (Å²) >= 11 is 0. The third-order valence-electron chi connectivity index (χ3n) is 1.77. The monoisotopic (exact) mass is 134 g/mol.